The molecule has 2 rings (SSSR count). The number of hydrogen-bond donors (Lipinski definition) is 1. The van der Waals surface area contributed by atoms with Gasteiger partial charge in [0.1, 0.15) is 11.6 Å². The average molecular weight is 523 g/mol. The van der Waals surface area contributed by atoms with Gasteiger partial charge in [0.15, 0.2) is 6.61 Å². The van der Waals surface area contributed by atoms with Gasteiger partial charge in [-0.15, -0.1) is 0 Å². The van der Waals surface area contributed by atoms with Crippen LogP contribution in [0.5, 0.6) is 0 Å². The summed E-state index contributed by atoms with van der Waals surface area (Å²) in [5, 5.41) is 12.0. The standard InChI is InChI=1S/C21H21Br2N3O3/c1-4-7-26-13(2)8-15(14(26)3)9-16(11-24)21(28)29-12-20(27)25-19-6-5-17(22)10-18(19)23/h5-6,8-10H,4,7,12H2,1-3H3,(H,25,27). The molecule has 2 aromatic rings. The fraction of sp³-hybridized carbons (Fsp3) is 0.286. The molecule has 0 spiro atoms. The van der Waals surface area contributed by atoms with Crippen molar-refractivity contribution >= 4 is 55.5 Å². The van der Waals surface area contributed by atoms with E-state index in [1.165, 1.54) is 6.08 Å². The Morgan fingerprint density at radius 1 is 1.28 bits per heavy atom. The van der Waals surface area contributed by atoms with Gasteiger partial charge in [-0.1, -0.05) is 22.9 Å². The highest BCUT2D eigenvalue weighted by Gasteiger charge is 2.16. The van der Waals surface area contributed by atoms with E-state index >= 15 is 0 Å². The van der Waals surface area contributed by atoms with Crippen LogP contribution >= 0.6 is 31.9 Å². The molecule has 29 heavy (non-hydrogen) atoms. The summed E-state index contributed by atoms with van der Waals surface area (Å²) in [5.74, 6) is -1.34. The molecule has 0 aliphatic heterocycles. The normalized spacial score (nSPS) is 11.1. The second-order valence-corrected chi connectivity index (χ2v) is 8.17. The number of halogens is 2. The fourth-order valence-electron chi connectivity index (χ4n) is 2.82. The van der Waals surface area contributed by atoms with Crippen molar-refractivity contribution in [3.63, 3.8) is 0 Å². The molecule has 1 N–H and O–H groups in total. The molecule has 152 valence electrons. The molecule has 0 aliphatic rings. The third-order valence-corrected chi connectivity index (χ3v) is 5.39. The molecule has 6 nitrogen and oxygen atoms in total. The van der Waals surface area contributed by atoms with Gasteiger partial charge in [0.25, 0.3) is 5.91 Å². The number of esters is 1. The average Bonchev–Trinajstić information content (AvgIpc) is 2.94. The zero-order valence-corrected chi connectivity index (χ0v) is 19.6. The minimum absolute atomic E-state index is 0.153. The number of ether oxygens (including phenoxy) is 1. The Bertz CT molecular complexity index is 1000. The van der Waals surface area contributed by atoms with E-state index in [0.717, 1.165) is 34.4 Å². The van der Waals surface area contributed by atoms with Gasteiger partial charge in [0.05, 0.1) is 5.69 Å². The van der Waals surface area contributed by atoms with Gasteiger partial charge in [-0.25, -0.2) is 4.79 Å². The van der Waals surface area contributed by atoms with E-state index in [2.05, 4.69) is 48.7 Å². The lowest BCUT2D eigenvalue weighted by atomic mass is 10.1. The van der Waals surface area contributed by atoms with Crippen molar-refractivity contribution in [1.82, 2.24) is 4.57 Å². The van der Waals surface area contributed by atoms with E-state index in [-0.39, 0.29) is 5.57 Å². The summed E-state index contributed by atoms with van der Waals surface area (Å²) in [6.07, 6.45) is 2.48. The van der Waals surface area contributed by atoms with Crippen molar-refractivity contribution in [2.45, 2.75) is 33.7 Å². The predicted molar refractivity (Wildman–Crippen MR) is 119 cm³/mol. The molecular formula is C21H21Br2N3O3. The summed E-state index contributed by atoms with van der Waals surface area (Å²) in [6, 6.07) is 9.05. The van der Waals surface area contributed by atoms with E-state index in [1.54, 1.807) is 18.2 Å². The van der Waals surface area contributed by atoms with Crippen LogP contribution in [-0.2, 0) is 20.9 Å². The Kier molecular flexibility index (Phi) is 8.23. The summed E-state index contributed by atoms with van der Waals surface area (Å²) in [7, 11) is 0. The number of nitrogens with zero attached hydrogens (tertiary/aromatic N) is 2. The van der Waals surface area contributed by atoms with Gasteiger partial charge in [0.2, 0.25) is 0 Å². The molecule has 0 saturated heterocycles. The number of nitrogens with one attached hydrogen (secondary N) is 1. The van der Waals surface area contributed by atoms with Crippen molar-refractivity contribution in [2.75, 3.05) is 11.9 Å². The number of hydrogen-bond acceptors (Lipinski definition) is 4. The number of carbonyl (C=O) groups is 2. The minimum atomic E-state index is -0.835. The Balaban J connectivity index is 2.05. The number of aromatic nitrogens is 1. The van der Waals surface area contributed by atoms with Crippen LogP contribution in [0.2, 0.25) is 0 Å². The second kappa shape index (κ2) is 10.4. The third-order valence-electron chi connectivity index (χ3n) is 4.24. The SMILES string of the molecule is CCCn1c(C)cc(C=C(C#N)C(=O)OCC(=O)Nc2ccc(Br)cc2Br)c1C. The van der Waals surface area contributed by atoms with E-state index < -0.39 is 18.5 Å². The lowest BCUT2D eigenvalue weighted by Gasteiger charge is -2.08. The third kappa shape index (κ3) is 6.05. The summed E-state index contributed by atoms with van der Waals surface area (Å²) in [4.78, 5) is 24.3. The highest BCUT2D eigenvalue weighted by Crippen LogP contribution is 2.26. The molecule has 0 unspecified atom stereocenters. The molecule has 1 amide bonds. The number of anilines is 1. The van der Waals surface area contributed by atoms with Gasteiger partial charge in [0, 0.05) is 26.9 Å². The first-order valence-electron chi connectivity index (χ1n) is 8.97. The first-order valence-corrected chi connectivity index (χ1v) is 10.6. The smallest absolute Gasteiger partial charge is 0.349 e. The highest BCUT2D eigenvalue weighted by molar-refractivity contribution is 9.11. The van der Waals surface area contributed by atoms with Gasteiger partial charge in [-0.2, -0.15) is 5.26 Å². The highest BCUT2D eigenvalue weighted by atomic mass is 79.9. The molecule has 1 aromatic carbocycles. The van der Waals surface area contributed by atoms with E-state index in [4.69, 9.17) is 4.74 Å². The number of aryl methyl sites for hydroxylation is 1. The van der Waals surface area contributed by atoms with Crippen LogP contribution in [0.25, 0.3) is 6.08 Å². The Hall–Kier alpha value is -2.37. The molecule has 8 heteroatoms. The zero-order chi connectivity index (χ0) is 21.6. The first-order chi connectivity index (χ1) is 13.8. The van der Waals surface area contributed by atoms with Crippen molar-refractivity contribution in [1.29, 1.82) is 5.26 Å². The number of nitriles is 1. The number of amides is 1. The summed E-state index contributed by atoms with van der Waals surface area (Å²) in [5.41, 5.74) is 3.21. The van der Waals surface area contributed by atoms with Crippen LogP contribution in [0, 0.1) is 25.2 Å². The zero-order valence-electron chi connectivity index (χ0n) is 16.4. The lowest BCUT2D eigenvalue weighted by molar-refractivity contribution is -0.142. The fourth-order valence-corrected chi connectivity index (χ4v) is 3.97. The molecule has 0 radical (unpaired) electrons. The Morgan fingerprint density at radius 3 is 2.62 bits per heavy atom. The van der Waals surface area contributed by atoms with Crippen LogP contribution in [0.1, 0.15) is 30.3 Å². The van der Waals surface area contributed by atoms with Crippen molar-refractivity contribution < 1.29 is 14.3 Å². The van der Waals surface area contributed by atoms with Crippen molar-refractivity contribution in [2.24, 2.45) is 0 Å². The first kappa shape index (κ1) is 22.9. The van der Waals surface area contributed by atoms with Gasteiger partial charge in [-0.05, 0) is 72.1 Å². The minimum Gasteiger partial charge on any atom is -0.451 e. The van der Waals surface area contributed by atoms with Crippen LogP contribution in [0.4, 0.5) is 5.69 Å². The van der Waals surface area contributed by atoms with E-state index in [1.807, 2.05) is 26.0 Å². The maximum absolute atomic E-state index is 12.3. The van der Waals surface area contributed by atoms with E-state index in [0.29, 0.717) is 10.2 Å². The predicted octanol–water partition coefficient (Wildman–Crippen LogP) is 5.13. The molecule has 0 bridgehead atoms. The number of benzene rings is 1. The van der Waals surface area contributed by atoms with Crippen molar-refractivity contribution in [3.05, 3.63) is 55.7 Å². The number of rotatable bonds is 7. The van der Waals surface area contributed by atoms with Gasteiger partial charge >= 0.3 is 5.97 Å². The van der Waals surface area contributed by atoms with Crippen LogP contribution in [0.15, 0.2) is 38.8 Å². The number of carbonyl (C=O) groups excluding carboxylic acids is 2. The molecule has 0 saturated carbocycles. The van der Waals surface area contributed by atoms with E-state index in [9.17, 15) is 14.9 Å². The Morgan fingerprint density at radius 2 is 2.00 bits per heavy atom. The van der Waals surface area contributed by atoms with Crippen LogP contribution in [0.3, 0.4) is 0 Å². The molecule has 1 heterocycles. The van der Waals surface area contributed by atoms with Gasteiger partial charge < -0.3 is 14.6 Å². The summed E-state index contributed by atoms with van der Waals surface area (Å²) >= 11 is 6.68. The largest absolute Gasteiger partial charge is 0.451 e. The van der Waals surface area contributed by atoms with Crippen molar-refractivity contribution in [3.8, 4) is 6.07 Å². The lowest BCUT2D eigenvalue weighted by Crippen LogP contribution is -2.21. The molecule has 1 aromatic heterocycles. The summed E-state index contributed by atoms with van der Waals surface area (Å²) in [6.45, 7) is 6.39. The molecule has 0 aliphatic carbocycles. The molecule has 0 fully saturated rings. The maximum atomic E-state index is 12.3. The monoisotopic (exact) mass is 521 g/mol. The maximum Gasteiger partial charge on any atom is 0.349 e. The summed E-state index contributed by atoms with van der Waals surface area (Å²) < 4.78 is 8.69. The molecular weight excluding hydrogens is 502 g/mol. The topological polar surface area (TPSA) is 84.1 Å². The Labute approximate surface area is 186 Å². The quantitative estimate of drug-likeness (QED) is 0.310. The van der Waals surface area contributed by atoms with Crippen LogP contribution in [-0.4, -0.2) is 23.1 Å². The van der Waals surface area contributed by atoms with Crippen LogP contribution < -0.4 is 5.32 Å². The molecule has 0 atom stereocenters. The second-order valence-electron chi connectivity index (χ2n) is 6.40. The van der Waals surface area contributed by atoms with Gasteiger partial charge in [-0.3, -0.25) is 4.79 Å².